The fourth-order valence-corrected chi connectivity index (χ4v) is 3.22. The highest BCUT2D eigenvalue weighted by Crippen LogP contribution is 2.27. The van der Waals surface area contributed by atoms with Gasteiger partial charge in [0.2, 0.25) is 0 Å². The molecule has 2 aromatic carbocycles. The highest BCUT2D eigenvalue weighted by molar-refractivity contribution is 6.32. The molecule has 1 N–H and O–H groups in total. The molecule has 0 unspecified atom stereocenters. The average molecular weight is 389 g/mol. The highest BCUT2D eigenvalue weighted by atomic mass is 35.5. The molecule has 2 aromatic rings. The van der Waals surface area contributed by atoms with Gasteiger partial charge in [-0.2, -0.15) is 0 Å². The number of hydrogen-bond acceptors (Lipinski definition) is 5. The predicted octanol–water partition coefficient (Wildman–Crippen LogP) is 3.56. The van der Waals surface area contributed by atoms with E-state index in [4.69, 9.17) is 11.6 Å². The third-order valence-electron chi connectivity index (χ3n) is 4.73. The van der Waals surface area contributed by atoms with Gasteiger partial charge in [0.25, 0.3) is 11.6 Å². The van der Waals surface area contributed by atoms with E-state index in [9.17, 15) is 14.9 Å². The zero-order valence-electron chi connectivity index (χ0n) is 15.2. The van der Waals surface area contributed by atoms with E-state index in [-0.39, 0.29) is 16.3 Å². The van der Waals surface area contributed by atoms with Crippen LogP contribution in [-0.4, -0.2) is 49.0 Å². The van der Waals surface area contributed by atoms with Crippen molar-refractivity contribution in [3.8, 4) is 0 Å². The second-order valence-corrected chi connectivity index (χ2v) is 7.07. The number of hydrogen-bond donors (Lipinski definition) is 1. The zero-order valence-corrected chi connectivity index (χ0v) is 16.0. The lowest BCUT2D eigenvalue weighted by Crippen LogP contribution is -2.44. The first kappa shape index (κ1) is 19.1. The number of nitrogens with one attached hydrogen (secondary N) is 1. The first-order chi connectivity index (χ1) is 12.8. The Kier molecular flexibility index (Phi) is 5.62. The van der Waals surface area contributed by atoms with Crippen LogP contribution in [-0.2, 0) is 0 Å². The van der Waals surface area contributed by atoms with Crippen LogP contribution in [0.25, 0.3) is 0 Å². The number of piperazine rings is 1. The Bertz CT molecular complexity index is 879. The maximum atomic E-state index is 12.5. The summed E-state index contributed by atoms with van der Waals surface area (Å²) in [6, 6.07) is 9.91. The summed E-state index contributed by atoms with van der Waals surface area (Å²) < 4.78 is 0. The molecule has 8 heteroatoms. The average Bonchev–Trinajstić information content (AvgIpc) is 2.64. The van der Waals surface area contributed by atoms with Crippen LogP contribution in [0, 0.1) is 17.0 Å². The molecule has 0 bridgehead atoms. The van der Waals surface area contributed by atoms with Gasteiger partial charge in [-0.05, 0) is 49.9 Å². The Morgan fingerprint density at radius 2 is 1.85 bits per heavy atom. The third kappa shape index (κ3) is 4.37. The van der Waals surface area contributed by atoms with E-state index >= 15 is 0 Å². The minimum absolute atomic E-state index is 0.00394. The molecule has 1 fully saturated rings. The van der Waals surface area contributed by atoms with Gasteiger partial charge in [0.1, 0.15) is 5.02 Å². The fraction of sp³-hybridized carbons (Fsp3) is 0.316. The molecule has 1 heterocycles. The van der Waals surface area contributed by atoms with Gasteiger partial charge in [-0.15, -0.1) is 0 Å². The smallest absolute Gasteiger partial charge is 0.288 e. The Labute approximate surface area is 162 Å². The van der Waals surface area contributed by atoms with Crippen LogP contribution in [0.3, 0.4) is 0 Å². The van der Waals surface area contributed by atoms with Gasteiger partial charge < -0.3 is 15.1 Å². The van der Waals surface area contributed by atoms with Crippen LogP contribution >= 0.6 is 11.6 Å². The van der Waals surface area contributed by atoms with Gasteiger partial charge in [0.05, 0.1) is 4.92 Å². The van der Waals surface area contributed by atoms with E-state index in [0.717, 1.165) is 37.4 Å². The van der Waals surface area contributed by atoms with Gasteiger partial charge in [-0.25, -0.2) is 0 Å². The quantitative estimate of drug-likeness (QED) is 0.640. The first-order valence-corrected chi connectivity index (χ1v) is 9.02. The molecule has 1 amide bonds. The zero-order chi connectivity index (χ0) is 19.6. The number of carbonyl (C=O) groups excluding carboxylic acids is 1. The van der Waals surface area contributed by atoms with Crippen molar-refractivity contribution in [2.24, 2.45) is 0 Å². The molecule has 3 rings (SSSR count). The summed E-state index contributed by atoms with van der Waals surface area (Å²) in [4.78, 5) is 27.5. The summed E-state index contributed by atoms with van der Waals surface area (Å²) in [6.07, 6.45) is 0. The van der Waals surface area contributed by atoms with Crippen LogP contribution < -0.4 is 10.2 Å². The lowest BCUT2D eigenvalue weighted by atomic mass is 10.1. The van der Waals surface area contributed by atoms with Crippen molar-refractivity contribution in [2.75, 3.05) is 43.4 Å². The molecule has 0 aliphatic carbocycles. The summed E-state index contributed by atoms with van der Waals surface area (Å²) in [7, 11) is 2.11. The molecule has 1 aliphatic heterocycles. The maximum Gasteiger partial charge on any atom is 0.288 e. The van der Waals surface area contributed by atoms with Crippen molar-refractivity contribution in [1.82, 2.24) is 4.90 Å². The summed E-state index contributed by atoms with van der Waals surface area (Å²) in [5.74, 6) is -0.412. The van der Waals surface area contributed by atoms with E-state index < -0.39 is 10.8 Å². The molecule has 7 nitrogen and oxygen atoms in total. The van der Waals surface area contributed by atoms with E-state index in [1.165, 1.54) is 18.2 Å². The minimum Gasteiger partial charge on any atom is -0.369 e. The van der Waals surface area contributed by atoms with Crippen molar-refractivity contribution in [3.63, 3.8) is 0 Å². The number of likely N-dealkylation sites (N-methyl/N-ethyl adjacent to an activating group) is 1. The predicted molar refractivity (Wildman–Crippen MR) is 107 cm³/mol. The normalized spacial score (nSPS) is 14.9. The van der Waals surface area contributed by atoms with Gasteiger partial charge in [0.15, 0.2) is 0 Å². The number of carbonyl (C=O) groups is 1. The molecule has 0 atom stereocenters. The molecular weight excluding hydrogens is 368 g/mol. The minimum atomic E-state index is -0.602. The van der Waals surface area contributed by atoms with Crippen molar-refractivity contribution in [1.29, 1.82) is 0 Å². The summed E-state index contributed by atoms with van der Waals surface area (Å²) in [5.41, 5.74) is 2.64. The molecule has 0 saturated carbocycles. The van der Waals surface area contributed by atoms with Crippen molar-refractivity contribution >= 4 is 34.6 Å². The number of nitro benzene ring substituents is 1. The van der Waals surface area contributed by atoms with Gasteiger partial charge >= 0.3 is 0 Å². The van der Waals surface area contributed by atoms with Gasteiger partial charge in [0, 0.05) is 49.2 Å². The first-order valence-electron chi connectivity index (χ1n) is 8.64. The number of anilines is 2. The van der Waals surface area contributed by atoms with Crippen LogP contribution in [0.2, 0.25) is 5.02 Å². The SMILES string of the molecule is Cc1cc(N2CCN(C)CC2)ccc1NC(=O)c1ccc(Cl)c([N+](=O)[O-])c1. The number of nitro groups is 1. The molecule has 142 valence electrons. The number of aryl methyl sites for hydroxylation is 1. The number of halogens is 1. The second kappa shape index (κ2) is 7.94. The summed E-state index contributed by atoms with van der Waals surface area (Å²) >= 11 is 5.80. The second-order valence-electron chi connectivity index (χ2n) is 6.67. The fourth-order valence-electron chi connectivity index (χ4n) is 3.04. The van der Waals surface area contributed by atoms with Gasteiger partial charge in [-0.1, -0.05) is 11.6 Å². The maximum absolute atomic E-state index is 12.5. The van der Waals surface area contributed by atoms with Crippen molar-refractivity contribution < 1.29 is 9.72 Å². The molecule has 27 heavy (non-hydrogen) atoms. The summed E-state index contributed by atoms with van der Waals surface area (Å²) in [6.45, 7) is 5.91. The van der Waals surface area contributed by atoms with Crippen LogP contribution in [0.4, 0.5) is 17.1 Å². The molecular formula is C19H21ClN4O3. The molecule has 0 aromatic heterocycles. The van der Waals surface area contributed by atoms with Crippen molar-refractivity contribution in [3.05, 3.63) is 62.7 Å². The highest BCUT2D eigenvalue weighted by Gasteiger charge is 2.18. The Morgan fingerprint density at radius 3 is 2.48 bits per heavy atom. The number of benzene rings is 2. The van der Waals surface area contributed by atoms with Crippen LogP contribution in [0.15, 0.2) is 36.4 Å². The topological polar surface area (TPSA) is 78.7 Å². The van der Waals surface area contributed by atoms with Gasteiger partial charge in [-0.3, -0.25) is 14.9 Å². The number of nitrogens with zero attached hydrogens (tertiary/aromatic N) is 3. The lowest BCUT2D eigenvalue weighted by Gasteiger charge is -2.34. The standard InChI is InChI=1S/C19H21ClN4O3/c1-13-11-15(23-9-7-22(2)8-10-23)4-6-17(13)21-19(25)14-3-5-16(20)18(12-14)24(26)27/h3-6,11-12H,7-10H2,1-2H3,(H,21,25). The van der Waals surface area contributed by atoms with E-state index in [1.54, 1.807) is 0 Å². The molecule has 0 spiro atoms. The molecule has 1 saturated heterocycles. The Morgan fingerprint density at radius 1 is 1.15 bits per heavy atom. The third-order valence-corrected chi connectivity index (χ3v) is 5.05. The number of amides is 1. The summed E-state index contributed by atoms with van der Waals surface area (Å²) in [5, 5.41) is 13.8. The van der Waals surface area contributed by atoms with E-state index in [0.29, 0.717) is 5.69 Å². The van der Waals surface area contributed by atoms with E-state index in [1.807, 2.05) is 25.1 Å². The van der Waals surface area contributed by atoms with Crippen LogP contribution in [0.5, 0.6) is 0 Å². The van der Waals surface area contributed by atoms with E-state index in [2.05, 4.69) is 22.2 Å². The lowest BCUT2D eigenvalue weighted by molar-refractivity contribution is -0.384. The number of rotatable bonds is 4. The Balaban J connectivity index is 1.75. The monoisotopic (exact) mass is 388 g/mol. The van der Waals surface area contributed by atoms with Crippen molar-refractivity contribution in [2.45, 2.75) is 6.92 Å². The molecule has 1 aliphatic rings. The Hall–Kier alpha value is -2.64. The largest absolute Gasteiger partial charge is 0.369 e. The molecule has 0 radical (unpaired) electrons. The van der Waals surface area contributed by atoms with Crippen LogP contribution in [0.1, 0.15) is 15.9 Å².